The number of amides is 1. The minimum absolute atomic E-state index is 0. The summed E-state index contributed by atoms with van der Waals surface area (Å²) in [7, 11) is 0. The number of halogens is 3. The van der Waals surface area contributed by atoms with Crippen molar-refractivity contribution >= 4 is 29.1 Å². The molecule has 5 nitrogen and oxygen atoms in total. The van der Waals surface area contributed by atoms with Crippen LogP contribution in [0.25, 0.3) is 10.8 Å². The fourth-order valence-corrected chi connectivity index (χ4v) is 3.25. The van der Waals surface area contributed by atoms with Gasteiger partial charge in [-0.25, -0.2) is 4.68 Å². The number of nitrogens with zero attached hydrogens (tertiary/aromatic N) is 2. The lowest BCUT2D eigenvalue weighted by atomic mass is 10.0. The second kappa shape index (κ2) is 9.12. The second-order valence-corrected chi connectivity index (χ2v) is 6.51. The highest BCUT2D eigenvalue weighted by atomic mass is 35.5. The molecule has 1 amide bonds. The van der Waals surface area contributed by atoms with E-state index >= 15 is 0 Å². The van der Waals surface area contributed by atoms with Gasteiger partial charge in [-0.05, 0) is 36.2 Å². The van der Waals surface area contributed by atoms with E-state index in [0.717, 1.165) is 16.3 Å². The fraction of sp³-hybridized carbons (Fsp3) is 0.300. The van der Waals surface area contributed by atoms with Gasteiger partial charge >= 0.3 is 6.55 Å². The first kappa shape index (κ1) is 21.8. The third-order valence-corrected chi connectivity index (χ3v) is 4.74. The molecule has 3 N–H and O–H groups in total. The summed E-state index contributed by atoms with van der Waals surface area (Å²) in [5.41, 5.74) is 8.01. The van der Waals surface area contributed by atoms with Gasteiger partial charge in [0, 0.05) is 17.8 Å². The normalized spacial score (nSPS) is 12.1. The van der Waals surface area contributed by atoms with Crippen molar-refractivity contribution in [2.45, 2.75) is 32.9 Å². The molecule has 0 saturated carbocycles. The molecule has 8 heteroatoms. The molecule has 0 aliphatic heterocycles. The summed E-state index contributed by atoms with van der Waals surface area (Å²) in [6.45, 7) is 0.671. The SMILES string of the molecule is Cc1nn(C(F)F)c(C)c1CC(=O)NC(CN)c1ccc2ccccc2c1.Cl. The molecule has 0 fully saturated rings. The number of aryl methyl sites for hydroxylation is 1. The van der Waals surface area contributed by atoms with Gasteiger partial charge in [-0.2, -0.15) is 13.9 Å². The van der Waals surface area contributed by atoms with Gasteiger partial charge in [0.2, 0.25) is 5.91 Å². The lowest BCUT2D eigenvalue weighted by Crippen LogP contribution is -2.34. The van der Waals surface area contributed by atoms with Crippen molar-refractivity contribution in [3.63, 3.8) is 0 Å². The van der Waals surface area contributed by atoms with Crippen molar-refractivity contribution in [2.75, 3.05) is 6.54 Å². The Morgan fingerprint density at radius 1 is 1.18 bits per heavy atom. The molecule has 1 heterocycles. The third-order valence-electron chi connectivity index (χ3n) is 4.74. The molecule has 1 atom stereocenters. The van der Waals surface area contributed by atoms with E-state index in [2.05, 4.69) is 10.4 Å². The summed E-state index contributed by atoms with van der Waals surface area (Å²) >= 11 is 0. The smallest absolute Gasteiger partial charge is 0.333 e. The van der Waals surface area contributed by atoms with E-state index < -0.39 is 6.55 Å². The number of aromatic nitrogens is 2. The Kier molecular flexibility index (Phi) is 7.10. The van der Waals surface area contributed by atoms with Crippen molar-refractivity contribution in [3.05, 3.63) is 65.0 Å². The highest BCUT2D eigenvalue weighted by Gasteiger charge is 2.21. The lowest BCUT2D eigenvalue weighted by Gasteiger charge is -2.18. The maximum atomic E-state index is 13.0. The molecule has 3 aromatic rings. The molecule has 1 unspecified atom stereocenters. The highest BCUT2D eigenvalue weighted by Crippen LogP contribution is 2.22. The molecule has 0 saturated heterocycles. The van der Waals surface area contributed by atoms with E-state index in [4.69, 9.17) is 5.73 Å². The Labute approximate surface area is 168 Å². The summed E-state index contributed by atoms with van der Waals surface area (Å²) < 4.78 is 26.6. The zero-order valence-electron chi connectivity index (χ0n) is 15.7. The topological polar surface area (TPSA) is 72.9 Å². The number of carbonyl (C=O) groups is 1. The number of nitrogens with two attached hydrogens (primary N) is 1. The maximum Gasteiger partial charge on any atom is 0.333 e. The van der Waals surface area contributed by atoms with Gasteiger partial charge in [-0.3, -0.25) is 4.79 Å². The molecule has 3 rings (SSSR count). The Balaban J connectivity index is 0.00000280. The summed E-state index contributed by atoms with van der Waals surface area (Å²) in [5, 5.41) is 8.89. The van der Waals surface area contributed by atoms with Crippen LogP contribution in [0.15, 0.2) is 42.5 Å². The van der Waals surface area contributed by atoms with Crippen molar-refractivity contribution < 1.29 is 13.6 Å². The average Bonchev–Trinajstić information content (AvgIpc) is 2.94. The second-order valence-electron chi connectivity index (χ2n) is 6.51. The number of carbonyl (C=O) groups excluding carboxylic acids is 1. The lowest BCUT2D eigenvalue weighted by molar-refractivity contribution is -0.121. The first-order valence-corrected chi connectivity index (χ1v) is 8.71. The molecule has 0 radical (unpaired) electrons. The summed E-state index contributed by atoms with van der Waals surface area (Å²) in [6, 6.07) is 13.5. The Morgan fingerprint density at radius 2 is 1.86 bits per heavy atom. The zero-order chi connectivity index (χ0) is 19.6. The molecule has 0 spiro atoms. The average molecular weight is 409 g/mol. The van der Waals surface area contributed by atoms with Crippen LogP contribution in [-0.2, 0) is 11.2 Å². The fourth-order valence-electron chi connectivity index (χ4n) is 3.25. The molecule has 2 aromatic carbocycles. The number of hydrogen-bond acceptors (Lipinski definition) is 3. The van der Waals surface area contributed by atoms with E-state index in [9.17, 15) is 13.6 Å². The summed E-state index contributed by atoms with van der Waals surface area (Å²) in [6.07, 6.45) is -0.0194. The number of nitrogens with one attached hydrogen (secondary N) is 1. The van der Waals surface area contributed by atoms with Gasteiger partial charge < -0.3 is 11.1 Å². The minimum Gasteiger partial charge on any atom is -0.348 e. The van der Waals surface area contributed by atoms with Crippen LogP contribution in [-0.4, -0.2) is 22.2 Å². The molecule has 1 aromatic heterocycles. The van der Waals surface area contributed by atoms with Crippen molar-refractivity contribution in [3.8, 4) is 0 Å². The van der Waals surface area contributed by atoms with Crippen LogP contribution < -0.4 is 11.1 Å². The Hall–Kier alpha value is -2.51. The molecule has 28 heavy (non-hydrogen) atoms. The van der Waals surface area contributed by atoms with Crippen LogP contribution in [0.2, 0.25) is 0 Å². The van der Waals surface area contributed by atoms with Gasteiger partial charge in [-0.1, -0.05) is 36.4 Å². The van der Waals surface area contributed by atoms with Crippen LogP contribution in [0.3, 0.4) is 0 Å². The van der Waals surface area contributed by atoms with Gasteiger partial charge in [0.25, 0.3) is 0 Å². The van der Waals surface area contributed by atoms with Gasteiger partial charge in [-0.15, -0.1) is 12.4 Å². The number of benzene rings is 2. The van der Waals surface area contributed by atoms with E-state index in [1.165, 1.54) is 0 Å². The third kappa shape index (κ3) is 4.48. The van der Waals surface area contributed by atoms with Crippen LogP contribution in [0, 0.1) is 13.8 Å². The number of rotatable bonds is 6. The van der Waals surface area contributed by atoms with E-state index in [0.29, 0.717) is 21.6 Å². The van der Waals surface area contributed by atoms with Crippen molar-refractivity contribution in [2.24, 2.45) is 5.73 Å². The van der Waals surface area contributed by atoms with Crippen LogP contribution in [0.5, 0.6) is 0 Å². The first-order valence-electron chi connectivity index (χ1n) is 8.71. The zero-order valence-corrected chi connectivity index (χ0v) is 16.5. The van der Waals surface area contributed by atoms with Gasteiger partial charge in [0.05, 0.1) is 18.2 Å². The molecular formula is C20H23ClF2N4O. The summed E-state index contributed by atoms with van der Waals surface area (Å²) in [4.78, 5) is 12.5. The Bertz CT molecular complexity index is 974. The minimum atomic E-state index is -2.73. The Morgan fingerprint density at radius 3 is 2.46 bits per heavy atom. The molecule has 0 bridgehead atoms. The van der Waals surface area contributed by atoms with Crippen LogP contribution in [0.4, 0.5) is 8.78 Å². The number of alkyl halides is 2. The quantitative estimate of drug-likeness (QED) is 0.651. The van der Waals surface area contributed by atoms with Gasteiger partial charge in [0.1, 0.15) is 0 Å². The van der Waals surface area contributed by atoms with E-state index in [1.54, 1.807) is 13.8 Å². The van der Waals surface area contributed by atoms with Crippen molar-refractivity contribution in [1.29, 1.82) is 0 Å². The van der Waals surface area contributed by atoms with Crippen molar-refractivity contribution in [1.82, 2.24) is 15.1 Å². The largest absolute Gasteiger partial charge is 0.348 e. The van der Waals surface area contributed by atoms with Gasteiger partial charge in [0.15, 0.2) is 0 Å². The highest BCUT2D eigenvalue weighted by molar-refractivity contribution is 5.85. The molecule has 150 valence electrons. The molecular weight excluding hydrogens is 386 g/mol. The monoisotopic (exact) mass is 408 g/mol. The number of hydrogen-bond donors (Lipinski definition) is 2. The predicted octanol–water partition coefficient (Wildman–Crippen LogP) is 3.83. The first-order chi connectivity index (χ1) is 12.9. The molecule has 0 aliphatic rings. The van der Waals surface area contributed by atoms with E-state index in [-0.39, 0.29) is 37.3 Å². The summed E-state index contributed by atoms with van der Waals surface area (Å²) in [5.74, 6) is -0.279. The van der Waals surface area contributed by atoms with E-state index in [1.807, 2.05) is 42.5 Å². The predicted molar refractivity (Wildman–Crippen MR) is 108 cm³/mol. The number of fused-ring (bicyclic) bond motifs is 1. The molecule has 0 aliphatic carbocycles. The maximum absolute atomic E-state index is 13.0. The standard InChI is InChI=1S/C20H22F2N4O.ClH/c1-12-17(13(2)26(25-12)20(21)22)10-19(27)24-18(11-23)16-8-7-14-5-3-4-6-15(14)9-16;/h3-9,18,20H,10-11,23H2,1-2H3,(H,24,27);1H. The van der Waals surface area contributed by atoms with Crippen LogP contribution >= 0.6 is 12.4 Å². The van der Waals surface area contributed by atoms with Crippen LogP contribution in [0.1, 0.15) is 35.1 Å².